The van der Waals surface area contributed by atoms with Crippen molar-refractivity contribution < 1.29 is 4.52 Å². The molecule has 0 bridgehead atoms. The Hall–Kier alpha value is -2.38. The van der Waals surface area contributed by atoms with E-state index < -0.39 is 0 Å². The van der Waals surface area contributed by atoms with Crippen LogP contribution in [0, 0.1) is 12.8 Å². The minimum Gasteiger partial charge on any atom is -0.364 e. The second kappa shape index (κ2) is 7.46. The fourth-order valence-electron chi connectivity index (χ4n) is 3.00. The highest BCUT2D eigenvalue weighted by Gasteiger charge is 2.21. The molecular weight excluding hydrogens is 306 g/mol. The van der Waals surface area contributed by atoms with Gasteiger partial charge in [-0.2, -0.15) is 0 Å². The van der Waals surface area contributed by atoms with Gasteiger partial charge in [-0.25, -0.2) is 0 Å². The second-order valence-corrected chi connectivity index (χ2v) is 6.22. The van der Waals surface area contributed by atoms with Gasteiger partial charge in [0.05, 0.1) is 6.54 Å². The van der Waals surface area contributed by atoms with Gasteiger partial charge in [0.1, 0.15) is 23.6 Å². The van der Waals surface area contributed by atoms with Crippen LogP contribution in [0.5, 0.6) is 0 Å². The number of aryl methyl sites for hydroxylation is 2. The Kier molecular flexibility index (Phi) is 5.12. The molecule has 0 radical (unpaired) electrons. The van der Waals surface area contributed by atoms with Crippen molar-refractivity contribution in [2.24, 2.45) is 10.9 Å². The summed E-state index contributed by atoms with van der Waals surface area (Å²) in [6.45, 7) is 7.33. The Bertz CT molecular complexity index is 677. The van der Waals surface area contributed by atoms with Gasteiger partial charge in [-0.15, -0.1) is 10.2 Å². The van der Waals surface area contributed by atoms with E-state index in [-0.39, 0.29) is 0 Å². The SMILES string of the molecule is CCNC(=NCC1CCc2nnc(C)n2C1)N(C)Cc1ccon1. The maximum atomic E-state index is 4.90. The molecule has 8 heteroatoms. The monoisotopic (exact) mass is 331 g/mol. The third-order valence-electron chi connectivity index (χ3n) is 4.32. The first-order chi connectivity index (χ1) is 11.7. The van der Waals surface area contributed by atoms with Crippen molar-refractivity contribution in [2.75, 3.05) is 20.1 Å². The minimum absolute atomic E-state index is 0.515. The highest BCUT2D eigenvalue weighted by atomic mass is 16.5. The standard InChI is InChI=1S/C16H25N7O/c1-4-17-16(22(3)11-14-7-8-24-21-14)18-9-13-5-6-15-20-19-12(2)23(15)10-13/h7-8,13H,4-6,9-11H2,1-3H3,(H,17,18). The summed E-state index contributed by atoms with van der Waals surface area (Å²) in [6, 6.07) is 1.87. The van der Waals surface area contributed by atoms with Crippen LogP contribution < -0.4 is 5.32 Å². The number of fused-ring (bicyclic) bond motifs is 1. The van der Waals surface area contributed by atoms with Crippen LogP contribution in [0.2, 0.25) is 0 Å². The molecule has 2 aromatic heterocycles. The van der Waals surface area contributed by atoms with Crippen LogP contribution in [0.25, 0.3) is 0 Å². The molecule has 3 rings (SSSR count). The topological polar surface area (TPSA) is 84.4 Å². The number of hydrogen-bond acceptors (Lipinski definition) is 5. The molecule has 1 aliphatic rings. The van der Waals surface area contributed by atoms with E-state index in [0.29, 0.717) is 12.5 Å². The summed E-state index contributed by atoms with van der Waals surface area (Å²) in [5.41, 5.74) is 0.894. The van der Waals surface area contributed by atoms with Gasteiger partial charge in [0.2, 0.25) is 0 Å². The summed E-state index contributed by atoms with van der Waals surface area (Å²) >= 11 is 0. The molecule has 1 atom stereocenters. The third-order valence-corrected chi connectivity index (χ3v) is 4.32. The van der Waals surface area contributed by atoms with Crippen LogP contribution in [0.4, 0.5) is 0 Å². The van der Waals surface area contributed by atoms with Gasteiger partial charge in [0, 0.05) is 39.2 Å². The van der Waals surface area contributed by atoms with Crippen LogP contribution in [-0.4, -0.2) is 50.9 Å². The quantitative estimate of drug-likeness (QED) is 0.655. The Morgan fingerprint density at radius 2 is 2.38 bits per heavy atom. The lowest BCUT2D eigenvalue weighted by molar-refractivity contribution is 0.365. The van der Waals surface area contributed by atoms with Gasteiger partial charge in [-0.1, -0.05) is 5.16 Å². The molecule has 0 amide bonds. The fourth-order valence-corrected chi connectivity index (χ4v) is 3.00. The van der Waals surface area contributed by atoms with Crippen molar-refractivity contribution in [2.45, 2.75) is 39.8 Å². The summed E-state index contributed by atoms with van der Waals surface area (Å²) in [7, 11) is 2.01. The second-order valence-electron chi connectivity index (χ2n) is 6.22. The number of nitrogens with one attached hydrogen (secondary N) is 1. The van der Waals surface area contributed by atoms with Gasteiger partial charge in [-0.05, 0) is 26.2 Å². The Labute approximate surface area is 141 Å². The molecule has 0 saturated heterocycles. The van der Waals surface area contributed by atoms with E-state index >= 15 is 0 Å². The minimum atomic E-state index is 0.515. The zero-order valence-corrected chi connectivity index (χ0v) is 14.6. The van der Waals surface area contributed by atoms with E-state index in [1.807, 2.05) is 20.0 Å². The molecule has 1 N–H and O–H groups in total. The number of aromatic nitrogens is 4. The molecule has 0 spiro atoms. The molecule has 8 nitrogen and oxygen atoms in total. The van der Waals surface area contributed by atoms with Crippen molar-refractivity contribution in [1.29, 1.82) is 0 Å². The molecule has 1 unspecified atom stereocenters. The fraction of sp³-hybridized carbons (Fsp3) is 0.625. The molecule has 24 heavy (non-hydrogen) atoms. The van der Waals surface area contributed by atoms with Gasteiger partial charge >= 0.3 is 0 Å². The lowest BCUT2D eigenvalue weighted by Crippen LogP contribution is -2.39. The number of rotatable bonds is 5. The predicted molar refractivity (Wildman–Crippen MR) is 90.5 cm³/mol. The number of guanidine groups is 1. The maximum absolute atomic E-state index is 4.90. The molecule has 0 fully saturated rings. The predicted octanol–water partition coefficient (Wildman–Crippen LogP) is 1.23. The zero-order valence-electron chi connectivity index (χ0n) is 14.6. The first kappa shape index (κ1) is 16.5. The summed E-state index contributed by atoms with van der Waals surface area (Å²) in [6.07, 6.45) is 3.68. The Balaban J connectivity index is 1.62. The zero-order chi connectivity index (χ0) is 16.9. The average Bonchev–Trinajstić information content (AvgIpc) is 3.21. The summed E-state index contributed by atoms with van der Waals surface area (Å²) < 4.78 is 7.11. The number of nitrogens with zero attached hydrogens (tertiary/aromatic N) is 6. The van der Waals surface area contributed by atoms with E-state index in [9.17, 15) is 0 Å². The van der Waals surface area contributed by atoms with Gasteiger partial charge < -0.3 is 19.3 Å². The van der Waals surface area contributed by atoms with Crippen LogP contribution >= 0.6 is 0 Å². The molecule has 0 aromatic carbocycles. The molecule has 0 aliphatic carbocycles. The lowest BCUT2D eigenvalue weighted by atomic mass is 9.99. The summed E-state index contributed by atoms with van der Waals surface area (Å²) in [5, 5.41) is 15.7. The highest BCUT2D eigenvalue weighted by molar-refractivity contribution is 5.79. The Morgan fingerprint density at radius 3 is 3.12 bits per heavy atom. The van der Waals surface area contributed by atoms with Crippen LogP contribution in [0.3, 0.4) is 0 Å². The van der Waals surface area contributed by atoms with Crippen molar-refractivity contribution in [3.8, 4) is 0 Å². The van der Waals surface area contributed by atoms with Crippen molar-refractivity contribution in [3.63, 3.8) is 0 Å². The van der Waals surface area contributed by atoms with Gasteiger partial charge in [0.25, 0.3) is 0 Å². The normalized spacial score (nSPS) is 17.6. The van der Waals surface area contributed by atoms with Crippen LogP contribution in [-0.2, 0) is 19.5 Å². The molecule has 1 aliphatic heterocycles. The van der Waals surface area contributed by atoms with Crippen molar-refractivity contribution >= 4 is 5.96 Å². The lowest BCUT2D eigenvalue weighted by Gasteiger charge is -2.25. The maximum Gasteiger partial charge on any atom is 0.194 e. The van der Waals surface area contributed by atoms with E-state index in [0.717, 1.165) is 55.8 Å². The first-order valence-corrected chi connectivity index (χ1v) is 8.44. The average molecular weight is 331 g/mol. The first-order valence-electron chi connectivity index (χ1n) is 8.44. The largest absolute Gasteiger partial charge is 0.364 e. The van der Waals surface area contributed by atoms with Crippen LogP contribution in [0.1, 0.15) is 30.7 Å². The van der Waals surface area contributed by atoms with Crippen molar-refractivity contribution in [3.05, 3.63) is 29.7 Å². The molecule has 130 valence electrons. The summed E-state index contributed by atoms with van der Waals surface area (Å²) in [4.78, 5) is 6.89. The Morgan fingerprint density at radius 1 is 1.50 bits per heavy atom. The highest BCUT2D eigenvalue weighted by Crippen LogP contribution is 2.20. The van der Waals surface area contributed by atoms with E-state index in [4.69, 9.17) is 9.52 Å². The molecule has 0 saturated carbocycles. The van der Waals surface area contributed by atoms with E-state index in [1.54, 1.807) is 6.26 Å². The molecule has 3 heterocycles. The van der Waals surface area contributed by atoms with E-state index in [1.165, 1.54) is 0 Å². The molecule has 2 aromatic rings. The van der Waals surface area contributed by atoms with E-state index in [2.05, 4.69) is 37.1 Å². The van der Waals surface area contributed by atoms with Gasteiger partial charge in [-0.3, -0.25) is 4.99 Å². The van der Waals surface area contributed by atoms with Gasteiger partial charge in [0.15, 0.2) is 5.96 Å². The molecular formula is C16H25N7O. The number of aliphatic imine (C=N–C) groups is 1. The summed E-state index contributed by atoms with van der Waals surface area (Å²) in [5.74, 6) is 3.50. The van der Waals surface area contributed by atoms with Crippen LogP contribution in [0.15, 0.2) is 21.8 Å². The third kappa shape index (κ3) is 3.74. The number of hydrogen-bond donors (Lipinski definition) is 1. The van der Waals surface area contributed by atoms with Crippen molar-refractivity contribution in [1.82, 2.24) is 30.1 Å². The smallest absolute Gasteiger partial charge is 0.194 e.